The smallest absolute Gasteiger partial charge is 0.269 e. The van der Waals surface area contributed by atoms with Gasteiger partial charge in [0.25, 0.3) is 11.6 Å². The number of amides is 1. The number of hydrogen-bond acceptors (Lipinski definition) is 4. The highest BCUT2D eigenvalue weighted by Gasteiger charge is 2.14. The first kappa shape index (κ1) is 19.4. The minimum atomic E-state index is -0.505. The lowest BCUT2D eigenvalue weighted by atomic mass is 10.1. The van der Waals surface area contributed by atoms with Crippen molar-refractivity contribution in [3.63, 3.8) is 0 Å². The number of nitro benzene ring substituents is 1. The Balaban J connectivity index is 2.08. The number of halogens is 1. The van der Waals surface area contributed by atoms with Crippen molar-refractivity contribution in [2.75, 3.05) is 18.0 Å². The molecular weight excluding hydrogens is 337 g/mol. The minimum Gasteiger partial charge on any atom is -0.370 e. The molecule has 0 aromatic heterocycles. The van der Waals surface area contributed by atoms with Crippen LogP contribution in [0.25, 0.3) is 0 Å². The monoisotopic (exact) mass is 359 g/mol. The van der Waals surface area contributed by atoms with Gasteiger partial charge in [-0.15, -0.1) is 0 Å². The van der Waals surface area contributed by atoms with E-state index in [9.17, 15) is 19.3 Å². The first-order valence-electron chi connectivity index (χ1n) is 8.44. The van der Waals surface area contributed by atoms with Crippen LogP contribution < -0.4 is 10.2 Å². The van der Waals surface area contributed by atoms with E-state index in [-0.39, 0.29) is 24.0 Å². The molecule has 2 aromatic rings. The Morgan fingerprint density at radius 1 is 1.19 bits per heavy atom. The van der Waals surface area contributed by atoms with Crippen LogP contribution in [0.1, 0.15) is 35.3 Å². The molecule has 0 heterocycles. The first-order chi connectivity index (χ1) is 12.4. The average molecular weight is 359 g/mol. The van der Waals surface area contributed by atoms with E-state index in [1.165, 1.54) is 24.3 Å². The fourth-order valence-corrected chi connectivity index (χ4v) is 2.77. The van der Waals surface area contributed by atoms with Gasteiger partial charge >= 0.3 is 0 Å². The SMILES string of the molecule is CCN(CC)c1ccc(CNC(=O)c2ccc([N+](=O)[O-])cc2C)cc1F. The van der Waals surface area contributed by atoms with Gasteiger partial charge in [-0.05, 0) is 50.1 Å². The number of nitrogens with one attached hydrogen (secondary N) is 1. The van der Waals surface area contributed by atoms with Crippen molar-refractivity contribution < 1.29 is 14.1 Å². The third kappa shape index (κ3) is 4.36. The van der Waals surface area contributed by atoms with Gasteiger partial charge in [-0.25, -0.2) is 4.39 Å². The highest BCUT2D eigenvalue weighted by Crippen LogP contribution is 2.21. The number of hydrogen-bond donors (Lipinski definition) is 1. The number of non-ortho nitro benzene ring substituents is 1. The molecule has 6 nitrogen and oxygen atoms in total. The first-order valence-corrected chi connectivity index (χ1v) is 8.44. The second kappa shape index (κ2) is 8.42. The molecule has 1 amide bonds. The van der Waals surface area contributed by atoms with Gasteiger partial charge in [-0.3, -0.25) is 14.9 Å². The molecule has 2 aromatic carbocycles. The summed E-state index contributed by atoms with van der Waals surface area (Å²) in [5.41, 5.74) is 1.99. The van der Waals surface area contributed by atoms with Crippen LogP contribution >= 0.6 is 0 Å². The lowest BCUT2D eigenvalue weighted by molar-refractivity contribution is -0.384. The number of carbonyl (C=O) groups excluding carboxylic acids is 1. The quantitative estimate of drug-likeness (QED) is 0.602. The summed E-state index contributed by atoms with van der Waals surface area (Å²) >= 11 is 0. The summed E-state index contributed by atoms with van der Waals surface area (Å²) in [6.07, 6.45) is 0. The van der Waals surface area contributed by atoms with Crippen molar-refractivity contribution in [2.24, 2.45) is 0 Å². The second-order valence-electron chi connectivity index (χ2n) is 5.90. The zero-order valence-corrected chi connectivity index (χ0v) is 15.1. The maximum Gasteiger partial charge on any atom is 0.269 e. The van der Waals surface area contributed by atoms with Crippen molar-refractivity contribution in [2.45, 2.75) is 27.3 Å². The normalized spacial score (nSPS) is 10.5. The molecule has 0 saturated heterocycles. The highest BCUT2D eigenvalue weighted by atomic mass is 19.1. The molecule has 26 heavy (non-hydrogen) atoms. The zero-order valence-electron chi connectivity index (χ0n) is 15.1. The summed E-state index contributed by atoms with van der Waals surface area (Å²) in [5, 5.41) is 13.5. The molecule has 7 heteroatoms. The number of aryl methyl sites for hydroxylation is 1. The Morgan fingerprint density at radius 2 is 1.88 bits per heavy atom. The Kier molecular flexibility index (Phi) is 6.27. The topological polar surface area (TPSA) is 75.5 Å². The van der Waals surface area contributed by atoms with E-state index in [1.54, 1.807) is 19.1 Å². The van der Waals surface area contributed by atoms with Gasteiger partial charge in [-0.1, -0.05) is 6.07 Å². The lowest BCUT2D eigenvalue weighted by Crippen LogP contribution is -2.25. The number of nitrogens with zero attached hydrogens (tertiary/aromatic N) is 2. The van der Waals surface area contributed by atoms with Gasteiger partial charge < -0.3 is 10.2 Å². The van der Waals surface area contributed by atoms with E-state index < -0.39 is 4.92 Å². The minimum absolute atomic E-state index is 0.0619. The van der Waals surface area contributed by atoms with Gasteiger partial charge in [-0.2, -0.15) is 0 Å². The van der Waals surface area contributed by atoms with Gasteiger partial charge in [0.2, 0.25) is 0 Å². The molecule has 0 radical (unpaired) electrons. The summed E-state index contributed by atoms with van der Waals surface area (Å²) < 4.78 is 14.3. The van der Waals surface area contributed by atoms with E-state index in [0.717, 1.165) is 0 Å². The van der Waals surface area contributed by atoms with Gasteiger partial charge in [0.15, 0.2) is 0 Å². The Bertz CT molecular complexity index is 820. The molecule has 0 aliphatic carbocycles. The molecule has 0 aliphatic heterocycles. The van der Waals surface area contributed by atoms with Crippen molar-refractivity contribution in [1.82, 2.24) is 5.32 Å². The van der Waals surface area contributed by atoms with Crippen LogP contribution in [0.5, 0.6) is 0 Å². The predicted molar refractivity (Wildman–Crippen MR) is 99.0 cm³/mol. The number of nitro groups is 1. The number of anilines is 1. The number of rotatable bonds is 7. The molecule has 0 unspecified atom stereocenters. The van der Waals surface area contributed by atoms with Crippen LogP contribution in [-0.2, 0) is 6.54 Å². The van der Waals surface area contributed by atoms with Gasteiger partial charge in [0.1, 0.15) is 5.82 Å². The molecule has 0 fully saturated rings. The second-order valence-corrected chi connectivity index (χ2v) is 5.90. The van der Waals surface area contributed by atoms with Gasteiger partial charge in [0, 0.05) is 37.3 Å². The van der Waals surface area contributed by atoms with Crippen LogP contribution in [0.2, 0.25) is 0 Å². The molecule has 0 saturated carbocycles. The maximum absolute atomic E-state index is 14.3. The highest BCUT2D eigenvalue weighted by molar-refractivity contribution is 5.95. The molecule has 1 N–H and O–H groups in total. The van der Waals surface area contributed by atoms with Gasteiger partial charge in [0.05, 0.1) is 10.6 Å². The molecule has 0 atom stereocenters. The maximum atomic E-state index is 14.3. The van der Waals surface area contributed by atoms with E-state index in [4.69, 9.17) is 0 Å². The van der Waals surface area contributed by atoms with Crippen LogP contribution in [0.4, 0.5) is 15.8 Å². The average Bonchev–Trinajstić information content (AvgIpc) is 2.62. The standard InChI is InChI=1S/C19H22FN3O3/c1-4-22(5-2)18-9-6-14(11-17(18)20)12-21-19(24)16-8-7-15(23(25)26)10-13(16)3/h6-11H,4-5,12H2,1-3H3,(H,21,24). The summed E-state index contributed by atoms with van der Waals surface area (Å²) in [7, 11) is 0. The summed E-state index contributed by atoms with van der Waals surface area (Å²) in [5.74, 6) is -0.683. The molecule has 138 valence electrons. The van der Waals surface area contributed by atoms with E-state index in [2.05, 4.69) is 5.32 Å². The molecule has 2 rings (SSSR count). The fraction of sp³-hybridized carbons (Fsp3) is 0.316. The van der Waals surface area contributed by atoms with E-state index >= 15 is 0 Å². The lowest BCUT2D eigenvalue weighted by Gasteiger charge is -2.22. The molecule has 0 spiro atoms. The summed E-state index contributed by atoms with van der Waals surface area (Å²) in [4.78, 5) is 24.5. The van der Waals surface area contributed by atoms with Crippen molar-refractivity contribution >= 4 is 17.3 Å². The molecule has 0 aliphatic rings. The molecular formula is C19H22FN3O3. The summed E-state index contributed by atoms with van der Waals surface area (Å²) in [6.45, 7) is 7.16. The summed E-state index contributed by atoms with van der Waals surface area (Å²) in [6, 6.07) is 8.97. The Morgan fingerprint density at radius 3 is 2.42 bits per heavy atom. The van der Waals surface area contributed by atoms with Crippen LogP contribution in [-0.4, -0.2) is 23.9 Å². The molecule has 0 bridgehead atoms. The van der Waals surface area contributed by atoms with E-state index in [0.29, 0.717) is 35.5 Å². The predicted octanol–water partition coefficient (Wildman–Crippen LogP) is 3.82. The van der Waals surface area contributed by atoms with E-state index in [1.807, 2.05) is 18.7 Å². The van der Waals surface area contributed by atoms with Crippen molar-refractivity contribution in [1.29, 1.82) is 0 Å². The van der Waals surface area contributed by atoms with Crippen LogP contribution in [0.3, 0.4) is 0 Å². The Labute approximate surface area is 151 Å². The largest absolute Gasteiger partial charge is 0.370 e. The third-order valence-corrected chi connectivity index (χ3v) is 4.23. The number of carbonyl (C=O) groups is 1. The number of benzene rings is 2. The van der Waals surface area contributed by atoms with Crippen LogP contribution in [0.15, 0.2) is 36.4 Å². The Hall–Kier alpha value is -2.96. The zero-order chi connectivity index (χ0) is 19.3. The third-order valence-electron chi connectivity index (χ3n) is 4.23. The van der Waals surface area contributed by atoms with Crippen molar-refractivity contribution in [3.8, 4) is 0 Å². The fourth-order valence-electron chi connectivity index (χ4n) is 2.77. The van der Waals surface area contributed by atoms with Crippen molar-refractivity contribution in [3.05, 3.63) is 69.0 Å². The van der Waals surface area contributed by atoms with Crippen LogP contribution in [0, 0.1) is 22.9 Å².